The van der Waals surface area contributed by atoms with Crippen molar-refractivity contribution in [3.63, 3.8) is 0 Å². The van der Waals surface area contributed by atoms with Crippen LogP contribution in [0.4, 0.5) is 0 Å². The molecule has 33 heavy (non-hydrogen) atoms. The molecular weight excluding hydrogens is 408 g/mol. The molecule has 3 nitrogen and oxygen atoms in total. The average molecular weight is 441 g/mol. The van der Waals surface area contributed by atoms with Crippen molar-refractivity contribution in [3.05, 3.63) is 83.0 Å². The molecule has 2 aromatic carbocycles. The number of carbonyl (C=O) groups excluding carboxylic acids is 1. The van der Waals surface area contributed by atoms with Crippen LogP contribution < -0.4 is 4.74 Å². The topological polar surface area (TPSA) is 46.5 Å². The van der Waals surface area contributed by atoms with Gasteiger partial charge in [0.25, 0.3) is 0 Å². The molecule has 2 aromatic rings. The molecule has 5 atom stereocenters. The van der Waals surface area contributed by atoms with Crippen LogP contribution in [0.25, 0.3) is 0 Å². The van der Waals surface area contributed by atoms with E-state index in [0.29, 0.717) is 24.2 Å². The summed E-state index contributed by atoms with van der Waals surface area (Å²) in [6.07, 6.45) is 8.35. The van der Waals surface area contributed by atoms with Crippen molar-refractivity contribution >= 4 is 5.78 Å². The first-order valence-corrected chi connectivity index (χ1v) is 12.5. The third-order valence-electron chi connectivity index (χ3n) is 8.94. The van der Waals surface area contributed by atoms with E-state index in [1.165, 1.54) is 16.7 Å². The summed E-state index contributed by atoms with van der Waals surface area (Å²) in [4.78, 5) is 12.1. The highest BCUT2D eigenvalue weighted by atomic mass is 16.5. The molecule has 170 valence electrons. The third-order valence-corrected chi connectivity index (χ3v) is 8.94. The number of fused-ring (bicyclic) bond motifs is 4. The van der Waals surface area contributed by atoms with Gasteiger partial charge in [0.1, 0.15) is 11.5 Å². The Labute approximate surface area is 196 Å². The van der Waals surface area contributed by atoms with Crippen LogP contribution in [0.1, 0.15) is 63.4 Å². The molecule has 6 rings (SSSR count). The van der Waals surface area contributed by atoms with Crippen LogP contribution in [0.3, 0.4) is 0 Å². The molecule has 0 spiro atoms. The zero-order valence-corrected chi connectivity index (χ0v) is 19.3. The van der Waals surface area contributed by atoms with E-state index in [1.54, 1.807) is 5.57 Å². The van der Waals surface area contributed by atoms with E-state index in [1.807, 2.05) is 36.4 Å². The Morgan fingerprint density at radius 1 is 0.909 bits per heavy atom. The zero-order chi connectivity index (χ0) is 22.6. The first kappa shape index (κ1) is 20.9. The number of hydrogen-bond donors (Lipinski definition) is 1. The van der Waals surface area contributed by atoms with Crippen LogP contribution in [0.2, 0.25) is 0 Å². The summed E-state index contributed by atoms with van der Waals surface area (Å²) < 4.78 is 6.03. The summed E-state index contributed by atoms with van der Waals surface area (Å²) in [5.41, 5.74) is 5.59. The lowest BCUT2D eigenvalue weighted by molar-refractivity contribution is -0.114. The Hall–Kier alpha value is -2.65. The van der Waals surface area contributed by atoms with Gasteiger partial charge in [0.2, 0.25) is 0 Å². The fourth-order valence-electron chi connectivity index (χ4n) is 7.32. The molecule has 0 aromatic heterocycles. The van der Waals surface area contributed by atoms with Crippen molar-refractivity contribution in [3.8, 4) is 11.5 Å². The average Bonchev–Trinajstić information content (AvgIpc) is 3.13. The standard InChI is InChI=1S/C30H32O3/c1-30-18-26(19-7-11-23(12-8-19)33-22-5-3-2-4-6-22)29-24-14-10-21(31)17-20(24)9-13-25(29)27(30)15-16-28(30)32/h2-8,11-12,17,25-28,32H,9-10,13-16,18H2,1H3. The van der Waals surface area contributed by atoms with Gasteiger partial charge >= 0.3 is 0 Å². The number of carbonyl (C=O) groups is 1. The lowest BCUT2D eigenvalue weighted by atomic mass is 9.53. The van der Waals surface area contributed by atoms with E-state index in [2.05, 4.69) is 31.2 Å². The van der Waals surface area contributed by atoms with Gasteiger partial charge in [0.05, 0.1) is 6.10 Å². The summed E-state index contributed by atoms with van der Waals surface area (Å²) in [6, 6.07) is 18.5. The van der Waals surface area contributed by atoms with Crippen molar-refractivity contribution in [2.24, 2.45) is 17.3 Å². The number of ketones is 1. The van der Waals surface area contributed by atoms with Gasteiger partial charge in [-0.1, -0.05) is 42.8 Å². The van der Waals surface area contributed by atoms with Gasteiger partial charge in [-0.05, 0) is 103 Å². The predicted octanol–water partition coefficient (Wildman–Crippen LogP) is 6.74. The van der Waals surface area contributed by atoms with Gasteiger partial charge < -0.3 is 9.84 Å². The van der Waals surface area contributed by atoms with E-state index >= 15 is 0 Å². The second-order valence-corrected chi connectivity index (χ2v) is 10.7. The summed E-state index contributed by atoms with van der Waals surface area (Å²) in [7, 11) is 0. The number of hydrogen-bond acceptors (Lipinski definition) is 3. The van der Waals surface area contributed by atoms with Gasteiger partial charge in [-0.15, -0.1) is 0 Å². The van der Waals surface area contributed by atoms with Gasteiger partial charge in [-0.3, -0.25) is 4.79 Å². The summed E-state index contributed by atoms with van der Waals surface area (Å²) in [6.45, 7) is 2.33. The van der Waals surface area contributed by atoms with Crippen molar-refractivity contribution < 1.29 is 14.6 Å². The number of rotatable bonds is 3. The Bertz CT molecular complexity index is 1130. The molecule has 0 aliphatic heterocycles. The molecule has 4 aliphatic rings. The van der Waals surface area contributed by atoms with Crippen LogP contribution in [-0.2, 0) is 4.79 Å². The number of para-hydroxylation sites is 1. The Kier molecular flexibility index (Phi) is 5.06. The zero-order valence-electron chi connectivity index (χ0n) is 19.3. The highest BCUT2D eigenvalue weighted by Gasteiger charge is 2.56. The molecule has 0 amide bonds. The monoisotopic (exact) mass is 440 g/mol. The van der Waals surface area contributed by atoms with E-state index in [9.17, 15) is 9.90 Å². The lowest BCUT2D eigenvalue weighted by Crippen LogP contribution is -2.45. The van der Waals surface area contributed by atoms with Crippen LogP contribution in [-0.4, -0.2) is 17.0 Å². The molecular formula is C30H32O3. The predicted molar refractivity (Wildman–Crippen MR) is 129 cm³/mol. The summed E-state index contributed by atoms with van der Waals surface area (Å²) >= 11 is 0. The maximum atomic E-state index is 12.1. The quantitative estimate of drug-likeness (QED) is 0.575. The minimum absolute atomic E-state index is 0.0374. The number of aliphatic hydroxyl groups is 1. The second-order valence-electron chi connectivity index (χ2n) is 10.7. The van der Waals surface area contributed by atoms with Gasteiger partial charge in [-0.2, -0.15) is 0 Å². The Morgan fingerprint density at radius 2 is 1.67 bits per heavy atom. The van der Waals surface area contributed by atoms with Gasteiger partial charge in [-0.25, -0.2) is 0 Å². The van der Waals surface area contributed by atoms with E-state index in [0.717, 1.165) is 50.0 Å². The molecule has 2 saturated carbocycles. The molecule has 5 unspecified atom stereocenters. The molecule has 2 fully saturated rings. The maximum absolute atomic E-state index is 12.1. The normalized spacial score (nSPS) is 33.2. The van der Waals surface area contributed by atoms with Crippen molar-refractivity contribution in [1.82, 2.24) is 0 Å². The van der Waals surface area contributed by atoms with E-state index < -0.39 is 0 Å². The maximum Gasteiger partial charge on any atom is 0.156 e. The second kappa shape index (κ2) is 7.99. The molecule has 1 N–H and O–H groups in total. The van der Waals surface area contributed by atoms with Gasteiger partial charge in [0, 0.05) is 12.3 Å². The lowest BCUT2D eigenvalue weighted by Gasteiger charge is -2.52. The third kappa shape index (κ3) is 3.49. The van der Waals surface area contributed by atoms with Crippen LogP contribution in [0.15, 0.2) is 77.4 Å². The summed E-state index contributed by atoms with van der Waals surface area (Å²) in [5.74, 6) is 3.32. The van der Waals surface area contributed by atoms with Crippen LogP contribution in [0, 0.1) is 17.3 Å². The molecule has 0 bridgehead atoms. The number of benzene rings is 2. The fourth-order valence-corrected chi connectivity index (χ4v) is 7.32. The molecule has 4 aliphatic carbocycles. The first-order chi connectivity index (χ1) is 16.0. The minimum atomic E-state index is -0.220. The number of allylic oxidation sites excluding steroid dienone is 4. The van der Waals surface area contributed by atoms with Crippen molar-refractivity contribution in [1.29, 1.82) is 0 Å². The van der Waals surface area contributed by atoms with Crippen LogP contribution >= 0.6 is 0 Å². The molecule has 3 heteroatoms. The number of aliphatic hydroxyl groups excluding tert-OH is 1. The van der Waals surface area contributed by atoms with Gasteiger partial charge in [0.15, 0.2) is 5.78 Å². The molecule has 0 heterocycles. The smallest absolute Gasteiger partial charge is 0.156 e. The van der Waals surface area contributed by atoms with E-state index in [-0.39, 0.29) is 17.3 Å². The highest BCUT2D eigenvalue weighted by Crippen LogP contribution is 2.63. The number of ether oxygens (including phenoxy) is 1. The highest BCUT2D eigenvalue weighted by molar-refractivity contribution is 5.93. The minimum Gasteiger partial charge on any atom is -0.457 e. The Morgan fingerprint density at radius 3 is 2.45 bits per heavy atom. The Balaban J connectivity index is 1.40. The van der Waals surface area contributed by atoms with Crippen molar-refractivity contribution in [2.45, 2.75) is 63.9 Å². The van der Waals surface area contributed by atoms with Crippen LogP contribution in [0.5, 0.6) is 11.5 Å². The SMILES string of the molecule is CC12CC(c3ccc(Oc4ccccc4)cc3)C3=C4CCC(=O)C=C4CCC3C1CCC2O. The molecule has 0 radical (unpaired) electrons. The van der Waals surface area contributed by atoms with E-state index in [4.69, 9.17) is 4.74 Å². The first-order valence-electron chi connectivity index (χ1n) is 12.5. The largest absolute Gasteiger partial charge is 0.457 e. The van der Waals surface area contributed by atoms with Crippen molar-refractivity contribution in [2.75, 3.05) is 0 Å². The molecule has 0 saturated heterocycles. The fraction of sp³-hybridized carbons (Fsp3) is 0.433. The summed E-state index contributed by atoms with van der Waals surface area (Å²) in [5, 5.41) is 11.0.